The fraction of sp³-hybridized carbons (Fsp3) is 0.400. The number of nitrogens with one attached hydrogen (secondary N) is 1. The molecule has 1 atom stereocenters. The van der Waals surface area contributed by atoms with E-state index in [9.17, 15) is 4.79 Å². The predicted octanol–water partition coefficient (Wildman–Crippen LogP) is 4.83. The van der Waals surface area contributed by atoms with Gasteiger partial charge in [-0.1, -0.05) is 12.1 Å². The number of nitrogen functional groups attached to an aromatic ring is 1. The van der Waals surface area contributed by atoms with E-state index in [1.807, 2.05) is 42.5 Å². The second kappa shape index (κ2) is 10.1. The molecule has 8 heteroatoms. The number of carbonyl (C=O) groups excluding carboxylic acids is 1. The van der Waals surface area contributed by atoms with Crippen LogP contribution in [0, 0.1) is 0 Å². The van der Waals surface area contributed by atoms with E-state index >= 15 is 0 Å². The third-order valence-corrected chi connectivity index (χ3v) is 5.65. The lowest BCUT2D eigenvalue weighted by Crippen LogP contribution is -2.22. The topological polar surface area (TPSA) is 97.0 Å². The summed E-state index contributed by atoms with van der Waals surface area (Å²) in [5.41, 5.74) is 10.9. The van der Waals surface area contributed by atoms with Crippen LogP contribution in [0.15, 0.2) is 42.5 Å². The van der Waals surface area contributed by atoms with E-state index < -0.39 is 6.09 Å². The minimum atomic E-state index is -0.477. The zero-order chi connectivity index (χ0) is 23.4. The summed E-state index contributed by atoms with van der Waals surface area (Å²) in [4.78, 5) is 12.1. The van der Waals surface area contributed by atoms with Gasteiger partial charge in [-0.3, -0.25) is 5.32 Å². The molecule has 0 radical (unpaired) electrons. The van der Waals surface area contributed by atoms with E-state index in [0.29, 0.717) is 37.8 Å². The van der Waals surface area contributed by atoms with Crippen LogP contribution in [-0.2, 0) is 14.2 Å². The second-order valence-electron chi connectivity index (χ2n) is 8.34. The number of methoxy groups -OCH3 is 1. The van der Waals surface area contributed by atoms with Crippen molar-refractivity contribution in [2.75, 3.05) is 44.6 Å². The van der Waals surface area contributed by atoms with E-state index in [1.54, 1.807) is 7.11 Å². The molecule has 176 valence electrons. The molecule has 8 nitrogen and oxygen atoms in total. The minimum absolute atomic E-state index is 0.176. The normalized spacial score (nSPS) is 15.8. The van der Waals surface area contributed by atoms with Crippen molar-refractivity contribution in [1.29, 1.82) is 0 Å². The summed E-state index contributed by atoms with van der Waals surface area (Å²) >= 11 is 0. The van der Waals surface area contributed by atoms with Crippen molar-refractivity contribution in [3.63, 3.8) is 0 Å². The molecule has 0 aliphatic carbocycles. The van der Waals surface area contributed by atoms with E-state index in [1.165, 1.54) is 0 Å². The lowest BCUT2D eigenvalue weighted by Gasteiger charge is -2.16. The smallest absolute Gasteiger partial charge is 0.411 e. The number of amides is 1. The standard InChI is InChI=1S/C25H31N3O5/c1-16(2)28-22-14-19(32-13-12-30-3)8-9-21(22)23(26)24(28)17-4-6-18(7-5-17)27-25(29)33-20-10-11-31-15-20/h4-9,14,16,20H,10-13,15,26H2,1-3H3,(H,27,29)/t20-/m0/s1. The summed E-state index contributed by atoms with van der Waals surface area (Å²) in [7, 11) is 1.65. The number of anilines is 2. The van der Waals surface area contributed by atoms with Crippen LogP contribution in [0.5, 0.6) is 5.75 Å². The molecular formula is C25H31N3O5. The molecule has 0 spiro atoms. The van der Waals surface area contributed by atoms with Gasteiger partial charge in [0.2, 0.25) is 0 Å². The molecule has 1 aliphatic rings. The number of fused-ring (bicyclic) bond motifs is 1. The van der Waals surface area contributed by atoms with Crippen LogP contribution in [0.2, 0.25) is 0 Å². The Bertz CT molecular complexity index is 1100. The van der Waals surface area contributed by atoms with Gasteiger partial charge in [-0.15, -0.1) is 0 Å². The number of rotatable bonds is 8. The number of nitrogens with zero attached hydrogens (tertiary/aromatic N) is 1. The first kappa shape index (κ1) is 22.9. The first-order valence-corrected chi connectivity index (χ1v) is 11.2. The Labute approximate surface area is 193 Å². The highest BCUT2D eigenvalue weighted by atomic mass is 16.6. The average molecular weight is 454 g/mol. The van der Waals surface area contributed by atoms with Crippen molar-refractivity contribution in [2.24, 2.45) is 0 Å². The first-order chi connectivity index (χ1) is 16.0. The zero-order valence-electron chi connectivity index (χ0n) is 19.3. The van der Waals surface area contributed by atoms with E-state index in [0.717, 1.165) is 34.3 Å². The Hall–Kier alpha value is -3.23. The van der Waals surface area contributed by atoms with Gasteiger partial charge in [0.15, 0.2) is 0 Å². The van der Waals surface area contributed by atoms with Crippen molar-refractivity contribution in [2.45, 2.75) is 32.4 Å². The quantitative estimate of drug-likeness (QED) is 0.474. The molecule has 4 rings (SSSR count). The lowest BCUT2D eigenvalue weighted by atomic mass is 10.1. The zero-order valence-corrected chi connectivity index (χ0v) is 19.3. The first-order valence-electron chi connectivity index (χ1n) is 11.2. The van der Waals surface area contributed by atoms with Crippen LogP contribution < -0.4 is 15.8 Å². The van der Waals surface area contributed by atoms with Gasteiger partial charge in [-0.05, 0) is 38.1 Å². The van der Waals surface area contributed by atoms with Gasteiger partial charge in [0.05, 0.1) is 36.7 Å². The molecule has 1 amide bonds. The molecule has 0 bridgehead atoms. The highest BCUT2D eigenvalue weighted by Gasteiger charge is 2.21. The van der Waals surface area contributed by atoms with E-state index in [-0.39, 0.29) is 12.1 Å². The summed E-state index contributed by atoms with van der Waals surface area (Å²) in [5.74, 6) is 0.774. The molecule has 1 fully saturated rings. The highest BCUT2D eigenvalue weighted by Crippen LogP contribution is 2.40. The molecule has 3 N–H and O–H groups in total. The summed E-state index contributed by atoms with van der Waals surface area (Å²) in [6.45, 7) is 6.33. The maximum absolute atomic E-state index is 12.1. The van der Waals surface area contributed by atoms with Gasteiger partial charge in [0.1, 0.15) is 18.5 Å². The molecule has 1 aromatic heterocycles. The van der Waals surface area contributed by atoms with Crippen molar-refractivity contribution < 1.29 is 23.7 Å². The third kappa shape index (κ3) is 5.07. The molecule has 1 aliphatic heterocycles. The molecule has 0 saturated carbocycles. The fourth-order valence-electron chi connectivity index (χ4n) is 4.10. The summed E-state index contributed by atoms with van der Waals surface area (Å²) in [6, 6.07) is 13.7. The summed E-state index contributed by atoms with van der Waals surface area (Å²) in [5, 5.41) is 3.75. The number of benzene rings is 2. The summed E-state index contributed by atoms with van der Waals surface area (Å²) in [6.07, 6.45) is 0.0640. The molecule has 3 aromatic rings. The van der Waals surface area contributed by atoms with Crippen LogP contribution in [-0.4, -0.2) is 50.3 Å². The third-order valence-electron chi connectivity index (χ3n) is 5.65. The number of nitrogens with two attached hydrogens (primary N) is 1. The Balaban J connectivity index is 1.59. The monoisotopic (exact) mass is 453 g/mol. The number of carbonyl (C=O) groups is 1. The van der Waals surface area contributed by atoms with Crippen LogP contribution >= 0.6 is 0 Å². The van der Waals surface area contributed by atoms with Crippen LogP contribution in [0.4, 0.5) is 16.2 Å². The molecule has 33 heavy (non-hydrogen) atoms. The molecule has 2 heterocycles. The van der Waals surface area contributed by atoms with Crippen molar-refractivity contribution in [3.05, 3.63) is 42.5 Å². The Morgan fingerprint density at radius 2 is 2.00 bits per heavy atom. The lowest BCUT2D eigenvalue weighted by molar-refractivity contribution is 0.0932. The SMILES string of the molecule is COCCOc1ccc2c(N)c(-c3ccc(NC(=O)O[C@H]4CCOC4)cc3)n(C(C)C)c2c1. The maximum Gasteiger partial charge on any atom is 0.411 e. The van der Waals surface area contributed by atoms with E-state index in [4.69, 9.17) is 24.7 Å². The highest BCUT2D eigenvalue weighted by molar-refractivity contribution is 6.01. The van der Waals surface area contributed by atoms with Crippen molar-refractivity contribution >= 4 is 28.4 Å². The maximum atomic E-state index is 12.1. The van der Waals surface area contributed by atoms with Crippen molar-refractivity contribution in [3.8, 4) is 17.0 Å². The summed E-state index contributed by atoms with van der Waals surface area (Å²) < 4.78 is 23.7. The minimum Gasteiger partial charge on any atom is -0.491 e. The van der Waals surface area contributed by atoms with Crippen LogP contribution in [0.25, 0.3) is 22.2 Å². The molecule has 0 unspecified atom stereocenters. The molecule has 2 aromatic carbocycles. The second-order valence-corrected chi connectivity index (χ2v) is 8.34. The van der Waals surface area contributed by atoms with Crippen LogP contribution in [0.3, 0.4) is 0 Å². The molecular weight excluding hydrogens is 422 g/mol. The Kier molecular flexibility index (Phi) is 7.05. The van der Waals surface area contributed by atoms with Gasteiger partial charge < -0.3 is 29.2 Å². The number of hydrogen-bond acceptors (Lipinski definition) is 6. The Morgan fingerprint density at radius 1 is 1.21 bits per heavy atom. The van der Waals surface area contributed by atoms with Gasteiger partial charge >= 0.3 is 6.09 Å². The van der Waals surface area contributed by atoms with Gasteiger partial charge in [0.25, 0.3) is 0 Å². The average Bonchev–Trinajstić information content (AvgIpc) is 3.40. The van der Waals surface area contributed by atoms with Gasteiger partial charge in [0, 0.05) is 42.3 Å². The van der Waals surface area contributed by atoms with Gasteiger partial charge in [-0.2, -0.15) is 0 Å². The molecule has 1 saturated heterocycles. The predicted molar refractivity (Wildman–Crippen MR) is 129 cm³/mol. The van der Waals surface area contributed by atoms with E-state index in [2.05, 4.69) is 23.7 Å². The Morgan fingerprint density at radius 3 is 2.67 bits per heavy atom. The van der Waals surface area contributed by atoms with Gasteiger partial charge in [-0.25, -0.2) is 4.79 Å². The number of aromatic nitrogens is 1. The fourth-order valence-corrected chi connectivity index (χ4v) is 4.10. The van der Waals surface area contributed by atoms with Crippen molar-refractivity contribution in [1.82, 2.24) is 4.57 Å². The largest absolute Gasteiger partial charge is 0.491 e. The number of ether oxygens (including phenoxy) is 4. The number of hydrogen-bond donors (Lipinski definition) is 2. The van der Waals surface area contributed by atoms with Crippen LogP contribution in [0.1, 0.15) is 26.3 Å².